The minimum Gasteiger partial charge on any atom is -0.462 e. The summed E-state index contributed by atoms with van der Waals surface area (Å²) in [5.41, 5.74) is 1.02. The Labute approximate surface area is 137 Å². The minimum absolute atomic E-state index is 0.244. The highest BCUT2D eigenvalue weighted by molar-refractivity contribution is 7.18. The van der Waals surface area contributed by atoms with Crippen LogP contribution in [0.25, 0.3) is 0 Å². The lowest BCUT2D eigenvalue weighted by Gasteiger charge is -2.00. The van der Waals surface area contributed by atoms with Crippen LogP contribution in [0.2, 0.25) is 0 Å². The molecule has 1 amide bonds. The number of hydrogen-bond acceptors (Lipinski definition) is 6. The minimum atomic E-state index is -0.498. The lowest BCUT2D eigenvalue weighted by atomic mass is 10.2. The van der Waals surface area contributed by atoms with Gasteiger partial charge in [-0.2, -0.15) is 10.4 Å². The topological polar surface area (TPSA) is 97.0 Å². The van der Waals surface area contributed by atoms with Crippen LogP contribution in [0.15, 0.2) is 12.3 Å². The molecule has 0 bridgehead atoms. The molecular formula is C15H16N4O3S. The van der Waals surface area contributed by atoms with Gasteiger partial charge in [-0.25, -0.2) is 4.79 Å². The van der Waals surface area contributed by atoms with Gasteiger partial charge in [-0.1, -0.05) is 0 Å². The van der Waals surface area contributed by atoms with Crippen molar-refractivity contribution in [2.45, 2.75) is 27.3 Å². The van der Waals surface area contributed by atoms with E-state index in [4.69, 9.17) is 4.74 Å². The van der Waals surface area contributed by atoms with Crippen molar-refractivity contribution in [1.29, 1.82) is 5.26 Å². The fourth-order valence-electron chi connectivity index (χ4n) is 1.95. The third kappa shape index (κ3) is 3.40. The normalized spacial score (nSPS) is 10.2. The van der Waals surface area contributed by atoms with Gasteiger partial charge in [0.2, 0.25) is 0 Å². The summed E-state index contributed by atoms with van der Waals surface area (Å²) in [5.74, 6) is -0.924. The summed E-state index contributed by atoms with van der Waals surface area (Å²) >= 11 is 1.03. The number of thiophene rings is 1. The van der Waals surface area contributed by atoms with Crippen LogP contribution in [0.4, 0.5) is 5.00 Å². The van der Waals surface area contributed by atoms with E-state index in [9.17, 15) is 14.9 Å². The number of carbonyl (C=O) groups is 2. The second kappa shape index (κ2) is 7.07. The highest BCUT2D eigenvalue weighted by Gasteiger charge is 2.23. The molecule has 0 spiro atoms. The number of anilines is 1. The second-order valence-electron chi connectivity index (χ2n) is 4.60. The van der Waals surface area contributed by atoms with Crippen molar-refractivity contribution in [2.75, 3.05) is 11.9 Å². The molecule has 2 heterocycles. The molecule has 7 nitrogen and oxygen atoms in total. The van der Waals surface area contributed by atoms with Crippen LogP contribution in [0.1, 0.15) is 45.1 Å². The van der Waals surface area contributed by atoms with Crippen molar-refractivity contribution >= 4 is 28.2 Å². The first-order chi connectivity index (χ1) is 11.0. The monoisotopic (exact) mass is 332 g/mol. The van der Waals surface area contributed by atoms with Gasteiger partial charge in [-0.3, -0.25) is 9.48 Å². The molecule has 2 rings (SSSR count). The summed E-state index contributed by atoms with van der Waals surface area (Å²) in [7, 11) is 0. The number of rotatable bonds is 5. The van der Waals surface area contributed by atoms with Crippen LogP contribution in [0, 0.1) is 18.3 Å². The summed E-state index contributed by atoms with van der Waals surface area (Å²) in [4.78, 5) is 24.4. The Kier molecular flexibility index (Phi) is 5.13. The maximum Gasteiger partial charge on any atom is 0.348 e. The molecule has 0 fully saturated rings. The Morgan fingerprint density at radius 2 is 2.22 bits per heavy atom. The van der Waals surface area contributed by atoms with E-state index in [2.05, 4.69) is 10.4 Å². The van der Waals surface area contributed by atoms with Gasteiger partial charge in [-0.05, 0) is 32.4 Å². The molecular weight excluding hydrogens is 316 g/mol. The van der Waals surface area contributed by atoms with E-state index in [0.717, 1.165) is 11.3 Å². The highest BCUT2D eigenvalue weighted by atomic mass is 32.1. The van der Waals surface area contributed by atoms with E-state index in [0.29, 0.717) is 22.0 Å². The zero-order valence-electron chi connectivity index (χ0n) is 13.0. The van der Waals surface area contributed by atoms with Crippen molar-refractivity contribution < 1.29 is 14.3 Å². The predicted octanol–water partition coefficient (Wildman–Crippen LogP) is 2.57. The second-order valence-corrected chi connectivity index (χ2v) is 5.62. The van der Waals surface area contributed by atoms with Crippen molar-refractivity contribution in [1.82, 2.24) is 9.78 Å². The van der Waals surface area contributed by atoms with Gasteiger partial charge < -0.3 is 10.1 Å². The molecule has 0 unspecified atom stereocenters. The lowest BCUT2D eigenvalue weighted by molar-refractivity contribution is 0.0531. The molecule has 0 aliphatic carbocycles. The molecule has 23 heavy (non-hydrogen) atoms. The van der Waals surface area contributed by atoms with Gasteiger partial charge in [0.15, 0.2) is 5.69 Å². The molecule has 1 N–H and O–H groups in total. The third-order valence-corrected chi connectivity index (χ3v) is 4.33. The number of carbonyl (C=O) groups excluding carboxylic acids is 2. The van der Waals surface area contributed by atoms with Gasteiger partial charge >= 0.3 is 5.97 Å². The number of nitrogens with one attached hydrogen (secondary N) is 1. The van der Waals surface area contributed by atoms with Crippen LogP contribution >= 0.6 is 11.3 Å². The smallest absolute Gasteiger partial charge is 0.348 e. The van der Waals surface area contributed by atoms with Gasteiger partial charge in [0.05, 0.1) is 12.2 Å². The molecule has 2 aromatic heterocycles. The van der Waals surface area contributed by atoms with E-state index in [1.807, 2.05) is 13.0 Å². The number of aromatic nitrogens is 2. The summed E-state index contributed by atoms with van der Waals surface area (Å²) in [6, 6.07) is 3.61. The van der Waals surface area contributed by atoms with Gasteiger partial charge in [-0.15, -0.1) is 11.3 Å². The number of nitrogens with zero attached hydrogens (tertiary/aromatic N) is 3. The Morgan fingerprint density at radius 1 is 1.48 bits per heavy atom. The number of esters is 1. The summed E-state index contributed by atoms with van der Waals surface area (Å²) < 4.78 is 6.59. The zero-order valence-corrected chi connectivity index (χ0v) is 13.9. The Balaban J connectivity index is 2.29. The number of ether oxygens (including phenoxy) is 1. The fraction of sp³-hybridized carbons (Fsp3) is 0.333. The number of nitriles is 1. The van der Waals surface area contributed by atoms with Crippen LogP contribution in [0.5, 0.6) is 0 Å². The van der Waals surface area contributed by atoms with Crippen LogP contribution in [-0.4, -0.2) is 28.3 Å². The molecule has 0 saturated carbocycles. The van der Waals surface area contributed by atoms with E-state index in [1.54, 1.807) is 30.8 Å². The number of hydrogen-bond donors (Lipinski definition) is 1. The molecule has 120 valence electrons. The molecule has 0 saturated heterocycles. The van der Waals surface area contributed by atoms with Crippen molar-refractivity contribution in [3.8, 4) is 6.07 Å². The predicted molar refractivity (Wildman–Crippen MR) is 85.6 cm³/mol. The largest absolute Gasteiger partial charge is 0.462 e. The lowest BCUT2D eigenvalue weighted by Crippen LogP contribution is -2.13. The van der Waals surface area contributed by atoms with Crippen LogP contribution < -0.4 is 5.32 Å². The third-order valence-electron chi connectivity index (χ3n) is 3.14. The summed E-state index contributed by atoms with van der Waals surface area (Å²) in [5, 5.41) is 16.4. The zero-order chi connectivity index (χ0) is 17.0. The van der Waals surface area contributed by atoms with Crippen molar-refractivity contribution in [2.24, 2.45) is 0 Å². The molecule has 0 aromatic carbocycles. The SMILES string of the molecule is CCOC(=O)c1sc(NC(=O)c2ccn(CC)n2)c(C#N)c1C. The van der Waals surface area contributed by atoms with E-state index >= 15 is 0 Å². The maximum absolute atomic E-state index is 12.2. The standard InChI is InChI=1S/C15H16N4O3S/c1-4-19-7-6-11(18-19)13(20)17-14-10(8-16)9(3)12(23-14)15(21)22-5-2/h6-7H,4-5H2,1-3H3,(H,17,20). The van der Waals surface area contributed by atoms with E-state index in [-0.39, 0.29) is 17.9 Å². The highest BCUT2D eigenvalue weighted by Crippen LogP contribution is 2.33. The molecule has 8 heteroatoms. The molecule has 0 aliphatic rings. The van der Waals surface area contributed by atoms with Crippen molar-refractivity contribution in [3.63, 3.8) is 0 Å². The quantitative estimate of drug-likeness (QED) is 0.849. The maximum atomic E-state index is 12.2. The average Bonchev–Trinajstić information content (AvgIpc) is 3.12. The molecule has 0 aliphatic heterocycles. The van der Waals surface area contributed by atoms with E-state index in [1.165, 1.54) is 0 Å². The Hall–Kier alpha value is -2.66. The van der Waals surface area contributed by atoms with Gasteiger partial charge in [0, 0.05) is 12.7 Å². The molecule has 0 radical (unpaired) electrons. The first kappa shape index (κ1) is 16.7. The van der Waals surface area contributed by atoms with Gasteiger partial charge in [0.25, 0.3) is 5.91 Å². The van der Waals surface area contributed by atoms with Crippen molar-refractivity contribution in [3.05, 3.63) is 34.0 Å². The fourth-order valence-corrected chi connectivity index (χ4v) is 3.00. The number of aryl methyl sites for hydroxylation is 1. The summed E-state index contributed by atoms with van der Waals surface area (Å²) in [6.45, 7) is 6.17. The summed E-state index contributed by atoms with van der Waals surface area (Å²) in [6.07, 6.45) is 1.70. The molecule has 2 aromatic rings. The average molecular weight is 332 g/mol. The molecule has 0 atom stereocenters. The Bertz CT molecular complexity index is 785. The first-order valence-corrected chi connectivity index (χ1v) is 7.88. The van der Waals surface area contributed by atoms with Gasteiger partial charge in [0.1, 0.15) is 15.9 Å². The Morgan fingerprint density at radius 3 is 2.78 bits per heavy atom. The first-order valence-electron chi connectivity index (χ1n) is 7.07. The van der Waals surface area contributed by atoms with E-state index < -0.39 is 11.9 Å². The van der Waals surface area contributed by atoms with Crippen LogP contribution in [0.3, 0.4) is 0 Å². The number of amides is 1. The van der Waals surface area contributed by atoms with Crippen LogP contribution in [-0.2, 0) is 11.3 Å².